The molecule has 5 nitrogen and oxygen atoms in total. The van der Waals surface area contributed by atoms with Gasteiger partial charge in [-0.3, -0.25) is 9.48 Å². The number of carbonyl (C=O) groups is 1. The Morgan fingerprint density at radius 3 is 2.57 bits per heavy atom. The van der Waals surface area contributed by atoms with E-state index >= 15 is 0 Å². The van der Waals surface area contributed by atoms with Crippen LogP contribution in [0.1, 0.15) is 23.0 Å². The summed E-state index contributed by atoms with van der Waals surface area (Å²) in [5.41, 5.74) is 7.68. The second-order valence-electron chi connectivity index (χ2n) is 4.80. The summed E-state index contributed by atoms with van der Waals surface area (Å²) in [4.78, 5) is 15.2. The van der Waals surface area contributed by atoms with Gasteiger partial charge in [0.2, 0.25) is 0 Å². The van der Waals surface area contributed by atoms with E-state index in [4.69, 9.17) is 5.73 Å². The summed E-state index contributed by atoms with van der Waals surface area (Å²) in [6, 6.07) is 8.17. The quantitative estimate of drug-likeness (QED) is 0.862. The third-order valence-corrected chi connectivity index (χ3v) is 3.99. The fourth-order valence-electron chi connectivity index (χ4n) is 2.02. The number of nitrogens with zero attached hydrogens (tertiary/aromatic N) is 3. The molecule has 1 aromatic carbocycles. The predicted octanol–water partition coefficient (Wildman–Crippen LogP) is 2.48. The van der Waals surface area contributed by atoms with Gasteiger partial charge in [-0.25, -0.2) is 0 Å². The van der Waals surface area contributed by atoms with Crippen molar-refractivity contribution in [1.29, 1.82) is 0 Å². The van der Waals surface area contributed by atoms with Gasteiger partial charge in [-0.05, 0) is 30.9 Å². The zero-order valence-electron chi connectivity index (χ0n) is 12.5. The van der Waals surface area contributed by atoms with E-state index in [0.717, 1.165) is 5.56 Å². The highest BCUT2D eigenvalue weighted by atomic mass is 32.2. The number of thioether (sulfide) groups is 1. The first-order chi connectivity index (χ1) is 10.0. The Kier molecular flexibility index (Phi) is 4.90. The smallest absolute Gasteiger partial charge is 0.276 e. The van der Waals surface area contributed by atoms with Gasteiger partial charge in [-0.1, -0.05) is 12.1 Å². The minimum absolute atomic E-state index is 0.159. The Morgan fingerprint density at radius 2 is 2.05 bits per heavy atom. The van der Waals surface area contributed by atoms with Crippen LogP contribution >= 0.6 is 11.8 Å². The largest absolute Gasteiger partial charge is 0.396 e. The van der Waals surface area contributed by atoms with Crippen molar-refractivity contribution in [2.75, 3.05) is 19.0 Å². The summed E-state index contributed by atoms with van der Waals surface area (Å²) < 4.78 is 1.67. The molecule has 0 spiro atoms. The fraction of sp³-hybridized carbons (Fsp3) is 0.333. The lowest BCUT2D eigenvalue weighted by Gasteiger charge is -2.16. The number of aryl methyl sites for hydroxylation is 1. The maximum Gasteiger partial charge on any atom is 0.276 e. The summed E-state index contributed by atoms with van der Waals surface area (Å²) in [6.07, 6.45) is 3.73. The number of rotatable bonds is 5. The highest BCUT2D eigenvalue weighted by molar-refractivity contribution is 7.98. The lowest BCUT2D eigenvalue weighted by atomic mass is 10.2. The van der Waals surface area contributed by atoms with Crippen molar-refractivity contribution >= 4 is 23.4 Å². The van der Waals surface area contributed by atoms with Crippen LogP contribution in [0.5, 0.6) is 0 Å². The van der Waals surface area contributed by atoms with E-state index in [0.29, 0.717) is 24.5 Å². The van der Waals surface area contributed by atoms with E-state index in [2.05, 4.69) is 17.2 Å². The molecule has 0 saturated heterocycles. The summed E-state index contributed by atoms with van der Waals surface area (Å²) in [7, 11) is 1.76. The molecule has 6 heteroatoms. The number of carbonyl (C=O) groups excluding carboxylic acids is 1. The van der Waals surface area contributed by atoms with Crippen LogP contribution in [0, 0.1) is 0 Å². The zero-order valence-corrected chi connectivity index (χ0v) is 13.4. The first kappa shape index (κ1) is 15.4. The molecule has 0 atom stereocenters. The van der Waals surface area contributed by atoms with Crippen LogP contribution in [0.2, 0.25) is 0 Å². The molecule has 0 fully saturated rings. The number of nitrogen functional groups attached to an aromatic ring is 1. The Bertz CT molecular complexity index is 621. The third kappa shape index (κ3) is 3.58. The molecule has 2 aromatic rings. The van der Waals surface area contributed by atoms with Gasteiger partial charge < -0.3 is 10.6 Å². The fourth-order valence-corrected chi connectivity index (χ4v) is 2.43. The lowest BCUT2D eigenvalue weighted by molar-refractivity contribution is 0.0779. The molecule has 0 aliphatic carbocycles. The molecule has 1 amide bonds. The van der Waals surface area contributed by atoms with Gasteiger partial charge in [0.05, 0.1) is 5.69 Å². The van der Waals surface area contributed by atoms with E-state index in [1.54, 1.807) is 34.6 Å². The van der Waals surface area contributed by atoms with Crippen molar-refractivity contribution in [3.05, 3.63) is 41.7 Å². The maximum atomic E-state index is 12.4. The SMILES string of the molecule is CCn1cc(N)c(C(=O)N(C)Cc2ccc(SC)cc2)n1. The van der Waals surface area contributed by atoms with Gasteiger partial charge in [0, 0.05) is 31.2 Å². The van der Waals surface area contributed by atoms with Crippen LogP contribution in [0.3, 0.4) is 0 Å². The number of hydrogen-bond acceptors (Lipinski definition) is 4. The van der Waals surface area contributed by atoms with E-state index in [1.165, 1.54) is 4.90 Å². The Balaban J connectivity index is 2.09. The lowest BCUT2D eigenvalue weighted by Crippen LogP contribution is -2.27. The molecule has 0 aliphatic heterocycles. The maximum absolute atomic E-state index is 12.4. The third-order valence-electron chi connectivity index (χ3n) is 3.24. The minimum Gasteiger partial charge on any atom is -0.396 e. The van der Waals surface area contributed by atoms with Crippen LogP contribution in [-0.2, 0) is 13.1 Å². The van der Waals surface area contributed by atoms with Crippen LogP contribution in [-0.4, -0.2) is 33.9 Å². The summed E-state index contributed by atoms with van der Waals surface area (Å²) in [5.74, 6) is -0.159. The average Bonchev–Trinajstić information content (AvgIpc) is 2.88. The van der Waals surface area contributed by atoms with Crippen LogP contribution < -0.4 is 5.73 Å². The molecule has 1 aromatic heterocycles. The molecule has 0 saturated carbocycles. The van der Waals surface area contributed by atoms with Crippen molar-refractivity contribution in [1.82, 2.24) is 14.7 Å². The topological polar surface area (TPSA) is 64.2 Å². The first-order valence-electron chi connectivity index (χ1n) is 6.76. The minimum atomic E-state index is -0.159. The predicted molar refractivity (Wildman–Crippen MR) is 86.3 cm³/mol. The second kappa shape index (κ2) is 6.67. The molecular formula is C15H20N4OS. The standard InChI is InChI=1S/C15H20N4OS/c1-4-19-10-13(16)14(17-19)15(20)18(2)9-11-5-7-12(21-3)8-6-11/h5-8,10H,4,9,16H2,1-3H3. The second-order valence-corrected chi connectivity index (χ2v) is 5.68. The van der Waals surface area contributed by atoms with Crippen LogP contribution in [0.15, 0.2) is 35.4 Å². The molecule has 2 N–H and O–H groups in total. The van der Waals surface area contributed by atoms with Gasteiger partial charge in [0.25, 0.3) is 5.91 Å². The van der Waals surface area contributed by atoms with Gasteiger partial charge in [-0.2, -0.15) is 5.10 Å². The zero-order chi connectivity index (χ0) is 15.4. The normalized spacial score (nSPS) is 10.6. The highest BCUT2D eigenvalue weighted by Gasteiger charge is 2.18. The van der Waals surface area contributed by atoms with E-state index < -0.39 is 0 Å². The molecule has 0 bridgehead atoms. The number of hydrogen-bond donors (Lipinski definition) is 1. The molecular weight excluding hydrogens is 284 g/mol. The first-order valence-corrected chi connectivity index (χ1v) is 7.99. The van der Waals surface area contributed by atoms with Crippen LogP contribution in [0.25, 0.3) is 0 Å². The van der Waals surface area contributed by atoms with Crippen molar-refractivity contribution < 1.29 is 4.79 Å². The van der Waals surface area contributed by atoms with Gasteiger partial charge in [-0.15, -0.1) is 11.8 Å². The molecule has 0 radical (unpaired) electrons. The molecule has 112 valence electrons. The molecule has 1 heterocycles. The Hall–Kier alpha value is -1.95. The number of anilines is 1. The molecule has 0 aliphatic rings. The number of aromatic nitrogens is 2. The van der Waals surface area contributed by atoms with E-state index in [1.807, 2.05) is 25.3 Å². The summed E-state index contributed by atoms with van der Waals surface area (Å²) in [6.45, 7) is 3.18. The number of benzene rings is 1. The number of nitrogens with two attached hydrogens (primary N) is 1. The van der Waals surface area contributed by atoms with Gasteiger partial charge in [0.1, 0.15) is 0 Å². The molecule has 0 unspecified atom stereocenters. The molecule has 21 heavy (non-hydrogen) atoms. The Labute approximate surface area is 129 Å². The number of amides is 1. The van der Waals surface area contributed by atoms with Gasteiger partial charge >= 0.3 is 0 Å². The summed E-state index contributed by atoms with van der Waals surface area (Å²) >= 11 is 1.70. The monoisotopic (exact) mass is 304 g/mol. The van der Waals surface area contributed by atoms with Crippen molar-refractivity contribution in [3.63, 3.8) is 0 Å². The highest BCUT2D eigenvalue weighted by Crippen LogP contribution is 2.17. The summed E-state index contributed by atoms with van der Waals surface area (Å²) in [5, 5.41) is 4.22. The van der Waals surface area contributed by atoms with Crippen LogP contribution in [0.4, 0.5) is 5.69 Å². The van der Waals surface area contributed by atoms with Crippen molar-refractivity contribution in [3.8, 4) is 0 Å². The van der Waals surface area contributed by atoms with Crippen molar-refractivity contribution in [2.24, 2.45) is 0 Å². The van der Waals surface area contributed by atoms with E-state index in [-0.39, 0.29) is 5.91 Å². The molecule has 2 rings (SSSR count). The Morgan fingerprint density at radius 1 is 1.38 bits per heavy atom. The van der Waals surface area contributed by atoms with Crippen molar-refractivity contribution in [2.45, 2.75) is 24.9 Å². The average molecular weight is 304 g/mol. The van der Waals surface area contributed by atoms with Gasteiger partial charge in [0.15, 0.2) is 5.69 Å². The van der Waals surface area contributed by atoms with E-state index in [9.17, 15) is 4.79 Å².